The number of carbonyl (C=O) groups excluding carboxylic acids is 1. The molecule has 0 bridgehead atoms. The summed E-state index contributed by atoms with van der Waals surface area (Å²) in [5.41, 5.74) is 0.873. The Morgan fingerprint density at radius 2 is 1.82 bits per heavy atom. The number of anilines is 1. The van der Waals surface area contributed by atoms with E-state index in [9.17, 15) is 18.0 Å². The molecule has 8 heteroatoms. The van der Waals surface area contributed by atoms with E-state index in [1.807, 2.05) is 11.0 Å². The fraction of sp³-hybridized carbons (Fsp3) is 0.500. The average molecular weight is 355 g/mol. The van der Waals surface area contributed by atoms with Gasteiger partial charge in [0.1, 0.15) is 0 Å². The molecule has 1 aromatic carbocycles. The van der Waals surface area contributed by atoms with E-state index in [2.05, 4.69) is 0 Å². The van der Waals surface area contributed by atoms with Crippen molar-refractivity contribution in [2.24, 2.45) is 0 Å². The first-order chi connectivity index (χ1) is 10.2. The molecule has 0 atom stereocenters. The van der Waals surface area contributed by atoms with Crippen LogP contribution in [0.15, 0.2) is 18.2 Å². The summed E-state index contributed by atoms with van der Waals surface area (Å²) in [6.45, 7) is 1.11. The molecule has 3 nitrogen and oxygen atoms in total. The summed E-state index contributed by atoms with van der Waals surface area (Å²) in [5.74, 6) is -1.79. The number of carbonyl (C=O) groups is 1. The van der Waals surface area contributed by atoms with Crippen molar-refractivity contribution >= 4 is 34.8 Å². The van der Waals surface area contributed by atoms with E-state index in [4.69, 9.17) is 23.2 Å². The first-order valence-corrected chi connectivity index (χ1v) is 7.49. The monoisotopic (exact) mass is 354 g/mol. The number of amides is 1. The molecule has 1 fully saturated rings. The number of piperidine rings is 1. The van der Waals surface area contributed by atoms with Crippen LogP contribution in [0.1, 0.15) is 12.8 Å². The van der Waals surface area contributed by atoms with Crippen LogP contribution in [0.25, 0.3) is 0 Å². The Kier molecular flexibility index (Phi) is 5.12. The average Bonchev–Trinajstić information content (AvgIpc) is 2.48. The van der Waals surface area contributed by atoms with Gasteiger partial charge in [0.25, 0.3) is 0 Å². The first kappa shape index (κ1) is 17.2. The highest BCUT2D eigenvalue weighted by Crippen LogP contribution is 2.30. The molecule has 1 aliphatic rings. The third-order valence-corrected chi connectivity index (χ3v) is 4.58. The summed E-state index contributed by atoms with van der Waals surface area (Å²) in [6, 6.07) is 4.83. The number of hydrogen-bond donors (Lipinski definition) is 0. The Hall–Kier alpha value is -1.14. The second-order valence-corrected chi connectivity index (χ2v) is 6.04. The van der Waals surface area contributed by atoms with Crippen LogP contribution in [0.5, 0.6) is 0 Å². The second kappa shape index (κ2) is 6.54. The number of benzene rings is 1. The quantitative estimate of drug-likeness (QED) is 0.801. The molecule has 1 aromatic rings. The molecule has 1 amide bonds. The summed E-state index contributed by atoms with van der Waals surface area (Å²) in [5, 5.41) is 0.890. The van der Waals surface area contributed by atoms with Gasteiger partial charge in [0.05, 0.1) is 10.0 Å². The smallest absolute Gasteiger partial charge is 0.371 e. The summed E-state index contributed by atoms with van der Waals surface area (Å²) in [4.78, 5) is 14.1. The van der Waals surface area contributed by atoms with Gasteiger partial charge in [-0.25, -0.2) is 0 Å². The van der Waals surface area contributed by atoms with Gasteiger partial charge in [0.2, 0.25) is 0 Å². The van der Waals surface area contributed by atoms with E-state index in [0.717, 1.165) is 10.6 Å². The number of rotatable bonds is 2. The van der Waals surface area contributed by atoms with Crippen LogP contribution >= 0.6 is 23.2 Å². The van der Waals surface area contributed by atoms with Gasteiger partial charge in [-0.2, -0.15) is 13.2 Å². The lowest BCUT2D eigenvalue weighted by Crippen LogP contribution is -2.49. The van der Waals surface area contributed by atoms with E-state index in [0.29, 0.717) is 36.0 Å². The summed E-state index contributed by atoms with van der Waals surface area (Å²) < 4.78 is 37.3. The van der Waals surface area contributed by atoms with Gasteiger partial charge < -0.3 is 9.80 Å². The molecule has 2 rings (SSSR count). The summed E-state index contributed by atoms with van der Waals surface area (Å²) in [7, 11) is 1.20. The molecular formula is C14H15Cl2F3N2O. The van der Waals surface area contributed by atoms with Crippen LogP contribution < -0.4 is 4.90 Å². The lowest BCUT2D eigenvalue weighted by atomic mass is 10.0. The largest absolute Gasteiger partial charge is 0.471 e. The van der Waals surface area contributed by atoms with Crippen molar-refractivity contribution in [1.82, 2.24) is 4.90 Å². The van der Waals surface area contributed by atoms with Gasteiger partial charge >= 0.3 is 12.1 Å². The Balaban J connectivity index is 1.98. The minimum atomic E-state index is -4.82. The first-order valence-electron chi connectivity index (χ1n) is 6.74. The van der Waals surface area contributed by atoms with Crippen molar-refractivity contribution in [3.8, 4) is 0 Å². The van der Waals surface area contributed by atoms with Crippen LogP contribution in [-0.2, 0) is 4.79 Å². The zero-order valence-corrected chi connectivity index (χ0v) is 13.3. The van der Waals surface area contributed by atoms with Gasteiger partial charge in [-0.05, 0) is 31.0 Å². The Labute approximate surface area is 136 Å². The van der Waals surface area contributed by atoms with Gasteiger partial charge in [-0.3, -0.25) is 4.79 Å². The predicted octanol–water partition coefficient (Wildman–Crippen LogP) is 3.98. The van der Waals surface area contributed by atoms with Crippen LogP contribution in [-0.4, -0.2) is 43.2 Å². The van der Waals surface area contributed by atoms with E-state index in [1.165, 1.54) is 7.05 Å². The molecule has 0 aromatic heterocycles. The second-order valence-electron chi connectivity index (χ2n) is 5.23. The zero-order chi connectivity index (χ0) is 16.5. The van der Waals surface area contributed by atoms with Crippen molar-refractivity contribution in [1.29, 1.82) is 0 Å². The highest BCUT2D eigenvalue weighted by molar-refractivity contribution is 6.42. The van der Waals surface area contributed by atoms with Crippen molar-refractivity contribution < 1.29 is 18.0 Å². The summed E-state index contributed by atoms with van der Waals surface area (Å²) in [6.07, 6.45) is -3.88. The van der Waals surface area contributed by atoms with Crippen molar-refractivity contribution in [2.45, 2.75) is 25.1 Å². The standard InChI is InChI=1S/C14H15Cl2F3N2O/c1-20(13(22)14(17,18)19)9-4-6-21(7-5-9)10-2-3-11(15)12(16)8-10/h2-3,8-9H,4-7H2,1H3. The molecule has 0 unspecified atom stereocenters. The molecule has 1 saturated heterocycles. The minimum absolute atomic E-state index is 0.409. The lowest BCUT2D eigenvalue weighted by Gasteiger charge is -2.38. The highest BCUT2D eigenvalue weighted by Gasteiger charge is 2.43. The van der Waals surface area contributed by atoms with Crippen molar-refractivity contribution in [2.75, 3.05) is 25.0 Å². The number of hydrogen-bond acceptors (Lipinski definition) is 2. The normalized spacial score (nSPS) is 16.7. The molecule has 0 N–H and O–H groups in total. The van der Waals surface area contributed by atoms with Crippen LogP contribution in [0.3, 0.4) is 0 Å². The number of nitrogens with zero attached hydrogens (tertiary/aromatic N) is 2. The maximum atomic E-state index is 12.4. The van der Waals surface area contributed by atoms with E-state index >= 15 is 0 Å². The van der Waals surface area contributed by atoms with Gasteiger partial charge in [-0.15, -0.1) is 0 Å². The molecule has 0 radical (unpaired) electrons. The molecule has 1 heterocycles. The van der Waals surface area contributed by atoms with Crippen LogP contribution in [0.4, 0.5) is 18.9 Å². The fourth-order valence-electron chi connectivity index (χ4n) is 2.56. The molecule has 1 aliphatic heterocycles. The van der Waals surface area contributed by atoms with Gasteiger partial charge in [0, 0.05) is 31.9 Å². The van der Waals surface area contributed by atoms with Crippen molar-refractivity contribution in [3.63, 3.8) is 0 Å². The molecule has 0 saturated carbocycles. The van der Waals surface area contributed by atoms with Crippen molar-refractivity contribution in [3.05, 3.63) is 28.2 Å². The topological polar surface area (TPSA) is 23.6 Å². The highest BCUT2D eigenvalue weighted by atomic mass is 35.5. The Bertz CT molecular complexity index is 558. The van der Waals surface area contributed by atoms with E-state index in [1.54, 1.807) is 12.1 Å². The number of alkyl halides is 3. The lowest BCUT2D eigenvalue weighted by molar-refractivity contribution is -0.186. The predicted molar refractivity (Wildman–Crippen MR) is 80.5 cm³/mol. The molecule has 22 heavy (non-hydrogen) atoms. The van der Waals surface area contributed by atoms with Crippen LogP contribution in [0.2, 0.25) is 10.0 Å². The fourth-order valence-corrected chi connectivity index (χ4v) is 2.85. The third-order valence-electron chi connectivity index (χ3n) is 3.84. The van der Waals surface area contributed by atoms with Gasteiger partial charge in [0.15, 0.2) is 0 Å². The Morgan fingerprint density at radius 3 is 2.32 bits per heavy atom. The maximum absolute atomic E-state index is 12.4. The molecule has 122 valence electrons. The number of halogens is 5. The molecular weight excluding hydrogens is 340 g/mol. The molecule has 0 aliphatic carbocycles. The minimum Gasteiger partial charge on any atom is -0.371 e. The van der Waals surface area contributed by atoms with Crippen LogP contribution in [0, 0.1) is 0 Å². The Morgan fingerprint density at radius 1 is 1.23 bits per heavy atom. The van der Waals surface area contributed by atoms with E-state index < -0.39 is 18.1 Å². The summed E-state index contributed by atoms with van der Waals surface area (Å²) >= 11 is 11.8. The third kappa shape index (κ3) is 3.79. The molecule has 0 spiro atoms. The SMILES string of the molecule is CN(C(=O)C(F)(F)F)C1CCN(c2ccc(Cl)c(Cl)c2)CC1. The van der Waals surface area contributed by atoms with Gasteiger partial charge in [-0.1, -0.05) is 23.2 Å². The van der Waals surface area contributed by atoms with E-state index in [-0.39, 0.29) is 0 Å². The maximum Gasteiger partial charge on any atom is 0.471 e. The zero-order valence-electron chi connectivity index (χ0n) is 11.8.